The largest absolute Gasteiger partial charge is 0.491 e. The van der Waals surface area contributed by atoms with E-state index in [-0.39, 0.29) is 30.6 Å². The molecule has 0 fully saturated rings. The Hall–Kier alpha value is -1.59. The van der Waals surface area contributed by atoms with Gasteiger partial charge in [-0.25, -0.2) is 0 Å². The molecule has 2 unspecified atom stereocenters. The number of carbonyl (C=O) groups is 1. The molecule has 0 aliphatic heterocycles. The Morgan fingerprint density at radius 1 is 1.29 bits per heavy atom. The molecule has 118 valence electrons. The van der Waals surface area contributed by atoms with E-state index < -0.39 is 0 Å². The van der Waals surface area contributed by atoms with Gasteiger partial charge in [-0.2, -0.15) is 0 Å². The highest BCUT2D eigenvalue weighted by Gasteiger charge is 2.17. The maximum absolute atomic E-state index is 12.0. The van der Waals surface area contributed by atoms with Crippen molar-refractivity contribution in [2.75, 3.05) is 13.7 Å². The topological polar surface area (TPSA) is 73.6 Å². The molecule has 5 heteroatoms. The van der Waals surface area contributed by atoms with Gasteiger partial charge in [0.05, 0.1) is 24.7 Å². The minimum Gasteiger partial charge on any atom is -0.491 e. The Bertz CT molecular complexity index is 445. The number of nitrogens with two attached hydrogens (primary N) is 1. The van der Waals surface area contributed by atoms with Crippen molar-refractivity contribution in [3.05, 3.63) is 29.8 Å². The summed E-state index contributed by atoms with van der Waals surface area (Å²) in [5.41, 5.74) is 6.49. The molecule has 2 atom stereocenters. The van der Waals surface area contributed by atoms with Crippen molar-refractivity contribution in [3.63, 3.8) is 0 Å². The minimum atomic E-state index is -0.251. The van der Waals surface area contributed by atoms with Gasteiger partial charge in [0.2, 0.25) is 5.91 Å². The second-order valence-electron chi connectivity index (χ2n) is 5.29. The van der Waals surface area contributed by atoms with E-state index in [0.29, 0.717) is 6.54 Å². The number of amides is 1. The molecule has 0 heterocycles. The molecule has 1 amide bonds. The highest BCUT2D eigenvalue weighted by atomic mass is 16.5. The lowest BCUT2D eigenvalue weighted by molar-refractivity contribution is -0.124. The average molecular weight is 294 g/mol. The zero-order chi connectivity index (χ0) is 15.8. The summed E-state index contributed by atoms with van der Waals surface area (Å²) in [4.78, 5) is 12.0. The van der Waals surface area contributed by atoms with Gasteiger partial charge in [-0.1, -0.05) is 18.2 Å². The highest BCUT2D eigenvalue weighted by molar-refractivity contribution is 5.77. The third-order valence-electron chi connectivity index (χ3n) is 3.13. The third kappa shape index (κ3) is 5.73. The molecule has 0 aromatic heterocycles. The smallest absolute Gasteiger partial charge is 0.223 e. The zero-order valence-electron chi connectivity index (χ0n) is 13.3. The Kier molecular flexibility index (Phi) is 7.19. The van der Waals surface area contributed by atoms with Gasteiger partial charge in [0, 0.05) is 19.2 Å². The molecule has 0 spiro atoms. The number of ether oxygens (including phenoxy) is 2. The lowest BCUT2D eigenvalue weighted by Crippen LogP contribution is -2.33. The van der Waals surface area contributed by atoms with Crippen LogP contribution in [-0.4, -0.2) is 31.8 Å². The van der Waals surface area contributed by atoms with E-state index in [4.69, 9.17) is 15.2 Å². The first kappa shape index (κ1) is 17.5. The van der Waals surface area contributed by atoms with Gasteiger partial charge in [-0.15, -0.1) is 0 Å². The Morgan fingerprint density at radius 2 is 1.95 bits per heavy atom. The number of rotatable bonds is 8. The summed E-state index contributed by atoms with van der Waals surface area (Å²) in [6.45, 7) is 6.21. The Balaban J connectivity index is 2.71. The summed E-state index contributed by atoms with van der Waals surface area (Å²) in [6, 6.07) is 7.59. The first-order valence-electron chi connectivity index (χ1n) is 7.25. The molecule has 0 saturated carbocycles. The summed E-state index contributed by atoms with van der Waals surface area (Å²) in [6.07, 6.45) is 0.0911. The summed E-state index contributed by atoms with van der Waals surface area (Å²) >= 11 is 0. The number of benzene rings is 1. The molecular formula is C16H26N2O3. The molecule has 0 saturated heterocycles. The normalized spacial score (nSPS) is 13.8. The van der Waals surface area contributed by atoms with Gasteiger partial charge in [-0.3, -0.25) is 4.79 Å². The fourth-order valence-corrected chi connectivity index (χ4v) is 2.05. The van der Waals surface area contributed by atoms with Crippen molar-refractivity contribution in [2.24, 2.45) is 5.73 Å². The van der Waals surface area contributed by atoms with Crippen LogP contribution in [0.25, 0.3) is 0 Å². The predicted molar refractivity (Wildman–Crippen MR) is 83.2 cm³/mol. The van der Waals surface area contributed by atoms with E-state index in [9.17, 15) is 4.79 Å². The van der Waals surface area contributed by atoms with E-state index in [1.165, 1.54) is 0 Å². The average Bonchev–Trinajstić information content (AvgIpc) is 2.44. The summed E-state index contributed by atoms with van der Waals surface area (Å²) in [7, 11) is 1.56. The van der Waals surface area contributed by atoms with Crippen LogP contribution in [0.3, 0.4) is 0 Å². The van der Waals surface area contributed by atoms with Crippen molar-refractivity contribution in [3.8, 4) is 5.75 Å². The van der Waals surface area contributed by atoms with Gasteiger partial charge in [0.15, 0.2) is 0 Å². The number of carbonyl (C=O) groups excluding carboxylic acids is 1. The second kappa shape index (κ2) is 8.64. The van der Waals surface area contributed by atoms with Crippen LogP contribution in [0.5, 0.6) is 5.75 Å². The van der Waals surface area contributed by atoms with Crippen molar-refractivity contribution in [1.29, 1.82) is 0 Å². The van der Waals surface area contributed by atoms with Crippen LogP contribution in [0.4, 0.5) is 0 Å². The zero-order valence-corrected chi connectivity index (χ0v) is 13.3. The van der Waals surface area contributed by atoms with Crippen molar-refractivity contribution < 1.29 is 14.3 Å². The predicted octanol–water partition coefficient (Wildman–Crippen LogP) is 2.01. The van der Waals surface area contributed by atoms with Gasteiger partial charge in [0.1, 0.15) is 5.75 Å². The van der Waals surface area contributed by atoms with Crippen molar-refractivity contribution in [2.45, 2.75) is 45.4 Å². The van der Waals surface area contributed by atoms with E-state index in [1.54, 1.807) is 7.11 Å². The first-order chi connectivity index (χ1) is 9.97. The van der Waals surface area contributed by atoms with Gasteiger partial charge in [0.25, 0.3) is 0 Å². The van der Waals surface area contributed by atoms with Crippen LogP contribution in [0.1, 0.15) is 38.8 Å². The van der Waals surface area contributed by atoms with E-state index >= 15 is 0 Å². The molecule has 3 N–H and O–H groups in total. The van der Waals surface area contributed by atoms with Crippen molar-refractivity contribution >= 4 is 5.91 Å². The summed E-state index contributed by atoms with van der Waals surface area (Å²) < 4.78 is 10.9. The number of methoxy groups -OCH3 is 1. The first-order valence-corrected chi connectivity index (χ1v) is 7.25. The standard InChI is InChI=1S/C16H26N2O3/c1-11(2)21-15-8-6-5-7-14(15)12(3)18-16(19)9-13(10-17)20-4/h5-8,11-13H,9-10,17H2,1-4H3,(H,18,19). The van der Waals surface area contributed by atoms with Crippen LogP contribution >= 0.6 is 0 Å². The molecule has 0 aliphatic carbocycles. The molecule has 5 nitrogen and oxygen atoms in total. The molecule has 21 heavy (non-hydrogen) atoms. The van der Waals surface area contributed by atoms with E-state index in [0.717, 1.165) is 11.3 Å². The van der Waals surface area contributed by atoms with Crippen LogP contribution < -0.4 is 15.8 Å². The number of nitrogens with one attached hydrogen (secondary N) is 1. The molecular weight excluding hydrogens is 268 g/mol. The maximum atomic E-state index is 12.0. The third-order valence-corrected chi connectivity index (χ3v) is 3.13. The van der Waals surface area contributed by atoms with Crippen LogP contribution in [0.2, 0.25) is 0 Å². The number of para-hydroxylation sites is 1. The molecule has 0 radical (unpaired) electrons. The molecule has 1 rings (SSSR count). The summed E-state index contributed by atoms with van der Waals surface area (Å²) in [5, 5.41) is 2.95. The van der Waals surface area contributed by atoms with E-state index in [1.807, 2.05) is 45.0 Å². The monoisotopic (exact) mass is 294 g/mol. The Labute approximate surface area is 126 Å². The van der Waals surface area contributed by atoms with Gasteiger partial charge >= 0.3 is 0 Å². The van der Waals surface area contributed by atoms with Crippen molar-refractivity contribution in [1.82, 2.24) is 5.32 Å². The molecule has 0 bridgehead atoms. The van der Waals surface area contributed by atoms with Crippen LogP contribution in [-0.2, 0) is 9.53 Å². The van der Waals surface area contributed by atoms with Crippen LogP contribution in [0.15, 0.2) is 24.3 Å². The quantitative estimate of drug-likeness (QED) is 0.769. The molecule has 1 aromatic carbocycles. The lowest BCUT2D eigenvalue weighted by Gasteiger charge is -2.21. The van der Waals surface area contributed by atoms with Gasteiger partial charge in [-0.05, 0) is 26.8 Å². The number of hydrogen-bond donors (Lipinski definition) is 2. The summed E-state index contributed by atoms with van der Waals surface area (Å²) in [5.74, 6) is 0.710. The highest BCUT2D eigenvalue weighted by Crippen LogP contribution is 2.25. The minimum absolute atomic E-state index is 0.0841. The lowest BCUT2D eigenvalue weighted by atomic mass is 10.1. The molecule has 0 aliphatic rings. The van der Waals surface area contributed by atoms with Crippen LogP contribution in [0, 0.1) is 0 Å². The maximum Gasteiger partial charge on any atom is 0.223 e. The fraction of sp³-hybridized carbons (Fsp3) is 0.562. The fourth-order valence-electron chi connectivity index (χ4n) is 2.05. The second-order valence-corrected chi connectivity index (χ2v) is 5.29. The number of hydrogen-bond acceptors (Lipinski definition) is 4. The Morgan fingerprint density at radius 3 is 2.52 bits per heavy atom. The van der Waals surface area contributed by atoms with E-state index in [2.05, 4.69) is 5.32 Å². The van der Waals surface area contributed by atoms with Gasteiger partial charge < -0.3 is 20.5 Å². The SMILES string of the molecule is COC(CN)CC(=O)NC(C)c1ccccc1OC(C)C. The molecule has 1 aromatic rings.